The van der Waals surface area contributed by atoms with E-state index in [2.05, 4.69) is 4.74 Å². The Balaban J connectivity index is 2.83. The molecule has 13 heavy (non-hydrogen) atoms. The van der Waals surface area contributed by atoms with Crippen molar-refractivity contribution in [3.63, 3.8) is 0 Å². The first-order chi connectivity index (χ1) is 6.15. The number of hydrogen-bond acceptors (Lipinski definition) is 3. The Morgan fingerprint density at radius 2 is 1.92 bits per heavy atom. The van der Waals surface area contributed by atoms with Crippen molar-refractivity contribution in [2.45, 2.75) is 13.0 Å². The van der Waals surface area contributed by atoms with E-state index in [9.17, 15) is 4.79 Å². The molecule has 0 aliphatic heterocycles. The monoisotopic (exact) mass is 179 g/mol. The van der Waals surface area contributed by atoms with Crippen molar-refractivity contribution in [3.05, 3.63) is 35.4 Å². The SMILES string of the molecule is COC(=O)C(N)c1ccc(C)cc1. The molecule has 0 heterocycles. The van der Waals surface area contributed by atoms with Gasteiger partial charge < -0.3 is 10.5 Å². The maximum absolute atomic E-state index is 11.0. The van der Waals surface area contributed by atoms with Crippen LogP contribution in [0.15, 0.2) is 24.3 Å². The van der Waals surface area contributed by atoms with Crippen molar-refractivity contribution in [2.75, 3.05) is 7.11 Å². The van der Waals surface area contributed by atoms with E-state index in [1.54, 1.807) is 0 Å². The highest BCUT2D eigenvalue weighted by molar-refractivity contribution is 5.77. The van der Waals surface area contributed by atoms with Gasteiger partial charge >= 0.3 is 5.97 Å². The van der Waals surface area contributed by atoms with Crippen LogP contribution in [0.3, 0.4) is 0 Å². The summed E-state index contributed by atoms with van der Waals surface area (Å²) in [7, 11) is 1.33. The Morgan fingerprint density at radius 1 is 1.38 bits per heavy atom. The molecule has 0 aromatic heterocycles. The quantitative estimate of drug-likeness (QED) is 0.693. The number of methoxy groups -OCH3 is 1. The van der Waals surface area contributed by atoms with Crippen LogP contribution in [0.5, 0.6) is 0 Å². The van der Waals surface area contributed by atoms with Crippen LogP contribution in [0, 0.1) is 6.92 Å². The minimum atomic E-state index is -0.675. The Kier molecular flexibility index (Phi) is 3.03. The van der Waals surface area contributed by atoms with Crippen LogP contribution in [0.25, 0.3) is 0 Å². The Hall–Kier alpha value is -1.35. The lowest BCUT2D eigenvalue weighted by Crippen LogP contribution is -2.22. The molecule has 0 fully saturated rings. The van der Waals surface area contributed by atoms with Gasteiger partial charge in [0, 0.05) is 0 Å². The molecule has 0 aliphatic rings. The summed E-state index contributed by atoms with van der Waals surface area (Å²) >= 11 is 0. The van der Waals surface area contributed by atoms with Crippen molar-refractivity contribution in [1.82, 2.24) is 0 Å². The predicted octanol–water partition coefficient (Wildman–Crippen LogP) is 1.17. The zero-order valence-electron chi connectivity index (χ0n) is 7.78. The maximum atomic E-state index is 11.0. The number of esters is 1. The smallest absolute Gasteiger partial charge is 0.327 e. The van der Waals surface area contributed by atoms with E-state index in [1.165, 1.54) is 7.11 Å². The summed E-state index contributed by atoms with van der Waals surface area (Å²) in [6.07, 6.45) is 0. The van der Waals surface area contributed by atoms with Crippen LogP contribution in [-0.4, -0.2) is 13.1 Å². The molecule has 3 heteroatoms. The number of benzene rings is 1. The lowest BCUT2D eigenvalue weighted by molar-refractivity contribution is -0.142. The molecule has 1 aromatic rings. The largest absolute Gasteiger partial charge is 0.468 e. The molecule has 1 aromatic carbocycles. The first kappa shape index (κ1) is 9.74. The van der Waals surface area contributed by atoms with E-state index in [1.807, 2.05) is 31.2 Å². The number of ether oxygens (including phenoxy) is 1. The van der Waals surface area contributed by atoms with Crippen LogP contribution in [0.1, 0.15) is 17.2 Å². The highest BCUT2D eigenvalue weighted by Crippen LogP contribution is 2.12. The molecule has 1 atom stereocenters. The van der Waals surface area contributed by atoms with Gasteiger partial charge in [0.05, 0.1) is 7.11 Å². The molecule has 0 saturated carbocycles. The lowest BCUT2D eigenvalue weighted by Gasteiger charge is -2.09. The summed E-state index contributed by atoms with van der Waals surface area (Å²) in [5.74, 6) is -0.413. The van der Waals surface area contributed by atoms with E-state index in [4.69, 9.17) is 5.73 Å². The van der Waals surface area contributed by atoms with Crippen molar-refractivity contribution < 1.29 is 9.53 Å². The van der Waals surface area contributed by atoms with E-state index in [-0.39, 0.29) is 0 Å². The van der Waals surface area contributed by atoms with Crippen LogP contribution in [-0.2, 0) is 9.53 Å². The highest BCUT2D eigenvalue weighted by Gasteiger charge is 2.15. The van der Waals surface area contributed by atoms with Crippen molar-refractivity contribution in [3.8, 4) is 0 Å². The normalized spacial score (nSPS) is 12.2. The molecule has 70 valence electrons. The van der Waals surface area contributed by atoms with Gasteiger partial charge in [-0.25, -0.2) is 0 Å². The van der Waals surface area contributed by atoms with E-state index < -0.39 is 12.0 Å². The molecule has 3 nitrogen and oxygen atoms in total. The van der Waals surface area contributed by atoms with Gasteiger partial charge in [-0.3, -0.25) is 4.79 Å². The topological polar surface area (TPSA) is 52.3 Å². The molecular weight excluding hydrogens is 166 g/mol. The third-order valence-corrected chi connectivity index (χ3v) is 1.89. The number of rotatable bonds is 2. The molecule has 0 aliphatic carbocycles. The fraction of sp³-hybridized carbons (Fsp3) is 0.300. The van der Waals surface area contributed by atoms with Gasteiger partial charge in [-0.2, -0.15) is 0 Å². The summed E-state index contributed by atoms with van der Waals surface area (Å²) in [6, 6.07) is 6.81. The van der Waals surface area contributed by atoms with Crippen molar-refractivity contribution in [1.29, 1.82) is 0 Å². The first-order valence-corrected chi connectivity index (χ1v) is 4.05. The number of aryl methyl sites for hydroxylation is 1. The minimum Gasteiger partial charge on any atom is -0.468 e. The van der Waals surface area contributed by atoms with Crippen molar-refractivity contribution in [2.24, 2.45) is 5.73 Å². The number of nitrogens with two attached hydrogens (primary N) is 1. The standard InChI is InChI=1S/C10H13NO2/c1-7-3-5-8(6-4-7)9(11)10(12)13-2/h3-6,9H,11H2,1-2H3. The average Bonchev–Trinajstić information content (AvgIpc) is 2.17. The summed E-state index contributed by atoms with van der Waals surface area (Å²) in [6.45, 7) is 1.98. The second kappa shape index (κ2) is 4.05. The third kappa shape index (κ3) is 2.29. The first-order valence-electron chi connectivity index (χ1n) is 4.05. The van der Waals surface area contributed by atoms with Crippen molar-refractivity contribution >= 4 is 5.97 Å². The van der Waals surface area contributed by atoms with Gasteiger partial charge in [0.15, 0.2) is 0 Å². The van der Waals surface area contributed by atoms with Crippen LogP contribution in [0.4, 0.5) is 0 Å². The minimum absolute atomic E-state index is 0.413. The molecule has 1 rings (SSSR count). The fourth-order valence-corrected chi connectivity index (χ4v) is 1.04. The molecule has 0 saturated heterocycles. The van der Waals surface area contributed by atoms with Gasteiger partial charge in [0.2, 0.25) is 0 Å². The zero-order valence-corrected chi connectivity index (χ0v) is 7.78. The van der Waals surface area contributed by atoms with E-state index >= 15 is 0 Å². The van der Waals surface area contributed by atoms with Gasteiger partial charge in [0.1, 0.15) is 6.04 Å². The number of carbonyl (C=O) groups excluding carboxylic acids is 1. The van der Waals surface area contributed by atoms with Crippen LogP contribution >= 0.6 is 0 Å². The van der Waals surface area contributed by atoms with Gasteiger partial charge in [-0.15, -0.1) is 0 Å². The second-order valence-corrected chi connectivity index (χ2v) is 2.91. The average molecular weight is 179 g/mol. The van der Waals surface area contributed by atoms with E-state index in [0.717, 1.165) is 11.1 Å². The molecule has 0 bridgehead atoms. The summed E-state index contributed by atoms with van der Waals surface area (Å²) in [5, 5.41) is 0. The third-order valence-electron chi connectivity index (χ3n) is 1.89. The Bertz CT molecular complexity index is 292. The lowest BCUT2D eigenvalue weighted by atomic mass is 10.1. The fourth-order valence-electron chi connectivity index (χ4n) is 1.04. The second-order valence-electron chi connectivity index (χ2n) is 2.91. The highest BCUT2D eigenvalue weighted by atomic mass is 16.5. The molecule has 2 N–H and O–H groups in total. The van der Waals surface area contributed by atoms with Gasteiger partial charge in [-0.1, -0.05) is 29.8 Å². The predicted molar refractivity (Wildman–Crippen MR) is 50.1 cm³/mol. The van der Waals surface area contributed by atoms with Crippen LogP contribution < -0.4 is 5.73 Å². The molecular formula is C10H13NO2. The van der Waals surface area contributed by atoms with Gasteiger partial charge in [0.25, 0.3) is 0 Å². The Labute approximate surface area is 77.5 Å². The molecule has 0 radical (unpaired) electrons. The molecule has 0 amide bonds. The molecule has 0 spiro atoms. The maximum Gasteiger partial charge on any atom is 0.327 e. The number of carbonyl (C=O) groups is 1. The van der Waals surface area contributed by atoms with Gasteiger partial charge in [-0.05, 0) is 12.5 Å². The summed E-state index contributed by atoms with van der Waals surface area (Å²) in [4.78, 5) is 11.0. The van der Waals surface area contributed by atoms with Crippen LogP contribution in [0.2, 0.25) is 0 Å². The zero-order chi connectivity index (χ0) is 9.84. The summed E-state index contributed by atoms with van der Waals surface area (Å²) < 4.78 is 4.53. The molecule has 1 unspecified atom stereocenters. The Morgan fingerprint density at radius 3 is 2.38 bits per heavy atom. The summed E-state index contributed by atoms with van der Waals surface area (Å²) in [5.41, 5.74) is 7.54. The van der Waals surface area contributed by atoms with E-state index in [0.29, 0.717) is 0 Å². The number of hydrogen-bond donors (Lipinski definition) is 1.